The molecule has 0 aromatic carbocycles. The molecule has 0 radical (unpaired) electrons. The molecule has 4 aliphatic carbocycles. The highest BCUT2D eigenvalue weighted by molar-refractivity contribution is 5.20. The number of fused-ring (bicyclic) bond motifs is 2. The summed E-state index contributed by atoms with van der Waals surface area (Å²) < 4.78 is 0. The Kier molecular flexibility index (Phi) is 6.44. The van der Waals surface area contributed by atoms with E-state index in [1.54, 1.807) is 0 Å². The molecule has 0 aromatic heterocycles. The first-order valence-corrected chi connectivity index (χ1v) is 10.0. The first-order valence-electron chi connectivity index (χ1n) is 10.0. The van der Waals surface area contributed by atoms with E-state index < -0.39 is 24.4 Å². The van der Waals surface area contributed by atoms with Gasteiger partial charge in [0.1, 0.15) is 0 Å². The van der Waals surface area contributed by atoms with Gasteiger partial charge in [-0.05, 0) is 42.4 Å². The Bertz CT molecular complexity index is 525. The van der Waals surface area contributed by atoms with Gasteiger partial charge in [0.15, 0.2) is 0 Å². The molecule has 0 bridgehead atoms. The molecule has 4 fully saturated rings. The Morgan fingerprint density at radius 3 is 1.74 bits per heavy atom. The molecule has 0 amide bonds. The summed E-state index contributed by atoms with van der Waals surface area (Å²) in [6.07, 6.45) is -0.847. The van der Waals surface area contributed by atoms with E-state index in [1.807, 2.05) is 0 Å². The van der Waals surface area contributed by atoms with Crippen molar-refractivity contribution < 1.29 is 30.6 Å². The molecule has 10 unspecified atom stereocenters. The molecule has 10 atom stereocenters. The summed E-state index contributed by atoms with van der Waals surface area (Å²) in [5.74, 6) is 1.51. The van der Waals surface area contributed by atoms with Crippen LogP contribution in [-0.4, -0.2) is 68.3 Å². The minimum atomic E-state index is -0.717. The number of aliphatic hydroxyl groups excluding tert-OH is 6. The van der Waals surface area contributed by atoms with Crippen molar-refractivity contribution in [1.29, 1.82) is 0 Å². The third-order valence-corrected chi connectivity index (χ3v) is 8.23. The van der Waals surface area contributed by atoms with Gasteiger partial charge in [0.05, 0.1) is 31.0 Å². The predicted octanol–water partition coefficient (Wildman–Crippen LogP) is 0.621. The molecule has 6 N–H and O–H groups in total. The summed E-state index contributed by atoms with van der Waals surface area (Å²) in [5, 5.41) is 57.3. The van der Waals surface area contributed by atoms with Crippen molar-refractivity contribution in [3.8, 4) is 0 Å². The Balaban J connectivity index is 0.000000187. The smallest absolute Gasteiger partial charge is 0.0882 e. The van der Waals surface area contributed by atoms with Gasteiger partial charge in [0.25, 0.3) is 0 Å². The lowest BCUT2D eigenvalue weighted by molar-refractivity contribution is -0.0389. The van der Waals surface area contributed by atoms with Crippen molar-refractivity contribution in [2.75, 3.05) is 13.2 Å². The Morgan fingerprint density at radius 2 is 1.44 bits per heavy atom. The highest BCUT2D eigenvalue weighted by Gasteiger charge is 2.71. The van der Waals surface area contributed by atoms with Crippen molar-refractivity contribution in [2.45, 2.75) is 72.4 Å². The van der Waals surface area contributed by atoms with Crippen LogP contribution in [0.5, 0.6) is 0 Å². The van der Waals surface area contributed by atoms with Crippen LogP contribution in [0.2, 0.25) is 0 Å². The lowest BCUT2D eigenvalue weighted by Crippen LogP contribution is -2.36. The van der Waals surface area contributed by atoms with Gasteiger partial charge in [0, 0.05) is 23.4 Å². The SMILES string of the molecule is C.CC(C)C12CC1C(CO)C(O)C2O.CC(C)C1C(O)C(O)C2(CO)CC12. The number of rotatable bonds is 4. The van der Waals surface area contributed by atoms with E-state index in [0.29, 0.717) is 23.7 Å². The summed E-state index contributed by atoms with van der Waals surface area (Å²) in [6, 6.07) is 0. The molecule has 0 aliphatic heterocycles. The van der Waals surface area contributed by atoms with Crippen LogP contribution in [0.15, 0.2) is 0 Å². The van der Waals surface area contributed by atoms with Gasteiger partial charge >= 0.3 is 0 Å². The quantitative estimate of drug-likeness (QED) is 0.420. The lowest BCUT2D eigenvalue weighted by Gasteiger charge is -2.25. The minimum absolute atomic E-state index is 0. The zero-order valence-electron chi connectivity index (χ0n) is 16.3. The monoisotopic (exact) mass is 388 g/mol. The summed E-state index contributed by atoms with van der Waals surface area (Å²) in [4.78, 5) is 0. The molecule has 0 saturated heterocycles. The number of hydrogen-bond donors (Lipinski definition) is 6. The minimum Gasteiger partial charge on any atom is -0.396 e. The highest BCUT2D eigenvalue weighted by atomic mass is 16.3. The van der Waals surface area contributed by atoms with Gasteiger partial charge in [-0.25, -0.2) is 0 Å². The number of aliphatic hydroxyl groups is 6. The van der Waals surface area contributed by atoms with Crippen LogP contribution < -0.4 is 0 Å². The van der Waals surface area contributed by atoms with Crippen LogP contribution in [0, 0.1) is 46.3 Å². The molecule has 4 saturated carbocycles. The van der Waals surface area contributed by atoms with Crippen molar-refractivity contribution in [1.82, 2.24) is 0 Å². The maximum absolute atomic E-state index is 9.87. The highest BCUT2D eigenvalue weighted by Crippen LogP contribution is 2.69. The maximum atomic E-state index is 9.87. The fraction of sp³-hybridized carbons (Fsp3) is 1.00. The Labute approximate surface area is 163 Å². The molecule has 0 spiro atoms. The fourth-order valence-corrected chi connectivity index (χ4v) is 6.38. The molecular formula is C21H40O6. The standard InChI is InChI=1S/2C10H18O3.CH4/c1-5(2)10-3-7(10)6(4-11)8(12)9(10)13;1-5(2)7-6-3-10(6,4-11)9(13)8(7)12;/h2*5-9,11-13H,3-4H2,1-2H3;1H4. The summed E-state index contributed by atoms with van der Waals surface area (Å²) in [6.45, 7) is 8.29. The second-order valence-corrected chi connectivity index (χ2v) is 9.82. The lowest BCUT2D eigenvalue weighted by atomic mass is 9.87. The predicted molar refractivity (Wildman–Crippen MR) is 103 cm³/mol. The molecule has 27 heavy (non-hydrogen) atoms. The molecule has 0 heterocycles. The van der Waals surface area contributed by atoms with E-state index in [-0.39, 0.29) is 43.3 Å². The first kappa shape index (κ1) is 23.0. The molecule has 4 rings (SSSR count). The van der Waals surface area contributed by atoms with Crippen LogP contribution in [0.1, 0.15) is 48.0 Å². The Hall–Kier alpha value is -0.240. The Morgan fingerprint density at radius 1 is 0.852 bits per heavy atom. The maximum Gasteiger partial charge on any atom is 0.0882 e. The van der Waals surface area contributed by atoms with Crippen LogP contribution in [0.3, 0.4) is 0 Å². The van der Waals surface area contributed by atoms with Gasteiger partial charge < -0.3 is 30.6 Å². The zero-order chi connectivity index (χ0) is 19.6. The van der Waals surface area contributed by atoms with Gasteiger partial charge in [0.2, 0.25) is 0 Å². The summed E-state index contributed by atoms with van der Waals surface area (Å²) in [7, 11) is 0. The fourth-order valence-electron chi connectivity index (χ4n) is 6.38. The van der Waals surface area contributed by atoms with Crippen LogP contribution in [0.25, 0.3) is 0 Å². The molecule has 6 nitrogen and oxygen atoms in total. The van der Waals surface area contributed by atoms with Gasteiger partial charge in [-0.3, -0.25) is 0 Å². The van der Waals surface area contributed by atoms with E-state index >= 15 is 0 Å². The van der Waals surface area contributed by atoms with E-state index in [2.05, 4.69) is 27.7 Å². The van der Waals surface area contributed by atoms with Crippen molar-refractivity contribution >= 4 is 0 Å². The molecule has 160 valence electrons. The third-order valence-electron chi connectivity index (χ3n) is 8.23. The second kappa shape index (κ2) is 7.54. The molecular weight excluding hydrogens is 348 g/mol. The summed E-state index contributed by atoms with van der Waals surface area (Å²) in [5.41, 5.74) is -0.443. The first-order chi connectivity index (χ1) is 12.1. The van der Waals surface area contributed by atoms with Crippen molar-refractivity contribution in [3.63, 3.8) is 0 Å². The average molecular weight is 389 g/mol. The second-order valence-electron chi connectivity index (χ2n) is 9.82. The topological polar surface area (TPSA) is 121 Å². The summed E-state index contributed by atoms with van der Waals surface area (Å²) >= 11 is 0. The van der Waals surface area contributed by atoms with Crippen LogP contribution >= 0.6 is 0 Å². The van der Waals surface area contributed by atoms with E-state index in [9.17, 15) is 25.5 Å². The van der Waals surface area contributed by atoms with E-state index in [4.69, 9.17) is 5.11 Å². The van der Waals surface area contributed by atoms with Crippen LogP contribution in [0.4, 0.5) is 0 Å². The average Bonchev–Trinajstić information content (AvgIpc) is 3.46. The largest absolute Gasteiger partial charge is 0.396 e. The molecule has 0 aromatic rings. The molecule has 4 aliphatic rings. The van der Waals surface area contributed by atoms with E-state index in [1.165, 1.54) is 0 Å². The van der Waals surface area contributed by atoms with E-state index in [0.717, 1.165) is 12.8 Å². The molecule has 6 heteroatoms. The van der Waals surface area contributed by atoms with Crippen LogP contribution in [-0.2, 0) is 0 Å². The van der Waals surface area contributed by atoms with Crippen molar-refractivity contribution in [2.24, 2.45) is 46.3 Å². The zero-order valence-corrected chi connectivity index (χ0v) is 16.3. The van der Waals surface area contributed by atoms with Gasteiger partial charge in [-0.1, -0.05) is 35.1 Å². The van der Waals surface area contributed by atoms with Crippen molar-refractivity contribution in [3.05, 3.63) is 0 Å². The van der Waals surface area contributed by atoms with Gasteiger partial charge in [-0.15, -0.1) is 0 Å². The third kappa shape index (κ3) is 3.08. The number of hydrogen-bond acceptors (Lipinski definition) is 6. The van der Waals surface area contributed by atoms with Gasteiger partial charge in [-0.2, -0.15) is 0 Å². The normalized spacial score (nSPS) is 52.0.